The van der Waals surface area contributed by atoms with Gasteiger partial charge < -0.3 is 14.6 Å². The van der Waals surface area contributed by atoms with Crippen LogP contribution in [0.2, 0.25) is 0 Å². The Morgan fingerprint density at radius 2 is 2.19 bits per heavy atom. The van der Waals surface area contributed by atoms with Crippen LogP contribution >= 0.6 is 0 Å². The maximum atomic E-state index is 5.39. The molecular weight excluding hydrogens is 262 g/mol. The molecule has 2 unspecified atom stereocenters. The fourth-order valence-corrected chi connectivity index (χ4v) is 3.30. The van der Waals surface area contributed by atoms with Gasteiger partial charge in [0.05, 0.1) is 31.2 Å². The summed E-state index contributed by atoms with van der Waals surface area (Å²) in [6.45, 7) is 7.32. The van der Waals surface area contributed by atoms with Gasteiger partial charge in [-0.2, -0.15) is 0 Å². The van der Waals surface area contributed by atoms with Crippen molar-refractivity contribution in [1.29, 1.82) is 0 Å². The quantitative estimate of drug-likeness (QED) is 0.938. The van der Waals surface area contributed by atoms with Crippen molar-refractivity contribution in [3.63, 3.8) is 0 Å². The van der Waals surface area contributed by atoms with Crippen LogP contribution < -0.4 is 10.1 Å². The Morgan fingerprint density at radius 3 is 2.81 bits per heavy atom. The molecule has 1 aromatic carbocycles. The molecule has 2 atom stereocenters. The molecule has 0 fully saturated rings. The molecule has 1 N–H and O–H groups in total. The van der Waals surface area contributed by atoms with Crippen molar-refractivity contribution in [2.24, 2.45) is 0 Å². The smallest absolute Gasteiger partial charge is 0.119 e. The number of nitrogens with one attached hydrogen (secondary N) is 1. The zero-order valence-electron chi connectivity index (χ0n) is 13.2. The van der Waals surface area contributed by atoms with Crippen molar-refractivity contribution >= 4 is 0 Å². The summed E-state index contributed by atoms with van der Waals surface area (Å²) in [5, 5.41) is 3.63. The third-order valence-corrected chi connectivity index (χ3v) is 4.57. The number of fused-ring (bicyclic) bond motifs is 1. The minimum atomic E-state index is 0.312. The standard InChI is InChI=1S/C17H23N3O/c1-5-18-17-15-9-14(21-4)7-6-13(15)8-16(17)20-10-19-11(2)12(20)3/h6-7,9-10,16-18H,5,8H2,1-4H3. The monoisotopic (exact) mass is 285 g/mol. The molecule has 4 nitrogen and oxygen atoms in total. The second kappa shape index (κ2) is 5.53. The Balaban J connectivity index is 2.02. The van der Waals surface area contributed by atoms with E-state index in [-0.39, 0.29) is 0 Å². The number of hydrogen-bond acceptors (Lipinski definition) is 3. The number of methoxy groups -OCH3 is 1. The van der Waals surface area contributed by atoms with Gasteiger partial charge >= 0.3 is 0 Å². The highest BCUT2D eigenvalue weighted by molar-refractivity contribution is 5.42. The summed E-state index contributed by atoms with van der Waals surface area (Å²) in [5.41, 5.74) is 5.12. The predicted molar refractivity (Wildman–Crippen MR) is 83.9 cm³/mol. The zero-order chi connectivity index (χ0) is 15.0. The van der Waals surface area contributed by atoms with Crippen molar-refractivity contribution in [2.45, 2.75) is 39.3 Å². The van der Waals surface area contributed by atoms with Gasteiger partial charge in [0, 0.05) is 5.69 Å². The lowest BCUT2D eigenvalue weighted by Crippen LogP contribution is -2.27. The van der Waals surface area contributed by atoms with E-state index in [9.17, 15) is 0 Å². The van der Waals surface area contributed by atoms with E-state index >= 15 is 0 Å². The van der Waals surface area contributed by atoms with Crippen molar-refractivity contribution < 1.29 is 4.74 Å². The Hall–Kier alpha value is -1.81. The first-order chi connectivity index (χ1) is 10.2. The van der Waals surface area contributed by atoms with E-state index in [1.807, 2.05) is 6.33 Å². The third-order valence-electron chi connectivity index (χ3n) is 4.57. The Labute approximate surface area is 126 Å². The molecule has 0 saturated heterocycles. The molecule has 1 heterocycles. The largest absolute Gasteiger partial charge is 0.497 e. The number of aromatic nitrogens is 2. The van der Waals surface area contributed by atoms with E-state index < -0.39 is 0 Å². The molecule has 2 aromatic rings. The molecule has 0 radical (unpaired) electrons. The van der Waals surface area contributed by atoms with Crippen molar-refractivity contribution in [1.82, 2.24) is 14.9 Å². The highest BCUT2D eigenvalue weighted by Crippen LogP contribution is 2.41. The van der Waals surface area contributed by atoms with Gasteiger partial charge in [-0.05, 0) is 50.1 Å². The van der Waals surface area contributed by atoms with Crippen LogP contribution in [-0.4, -0.2) is 23.2 Å². The van der Waals surface area contributed by atoms with Gasteiger partial charge in [0.25, 0.3) is 0 Å². The molecule has 0 saturated carbocycles. The molecule has 21 heavy (non-hydrogen) atoms. The first-order valence-electron chi connectivity index (χ1n) is 7.56. The summed E-state index contributed by atoms with van der Waals surface area (Å²) < 4.78 is 7.70. The van der Waals surface area contributed by atoms with Crippen molar-refractivity contribution in [2.75, 3.05) is 13.7 Å². The number of nitrogens with zero attached hydrogens (tertiary/aromatic N) is 2. The minimum Gasteiger partial charge on any atom is -0.497 e. The van der Waals surface area contributed by atoms with E-state index in [1.165, 1.54) is 16.8 Å². The van der Waals surface area contributed by atoms with Crippen LogP contribution in [0.25, 0.3) is 0 Å². The minimum absolute atomic E-state index is 0.312. The maximum Gasteiger partial charge on any atom is 0.119 e. The molecule has 0 aliphatic heterocycles. The lowest BCUT2D eigenvalue weighted by Gasteiger charge is -2.24. The van der Waals surface area contributed by atoms with Crippen LogP contribution in [0.4, 0.5) is 0 Å². The molecule has 1 aliphatic rings. The van der Waals surface area contributed by atoms with Gasteiger partial charge in [-0.25, -0.2) is 4.98 Å². The van der Waals surface area contributed by atoms with Gasteiger partial charge in [-0.3, -0.25) is 0 Å². The number of hydrogen-bond donors (Lipinski definition) is 1. The second-order valence-corrected chi connectivity index (χ2v) is 5.69. The van der Waals surface area contributed by atoms with Gasteiger partial charge in [-0.15, -0.1) is 0 Å². The highest BCUT2D eigenvalue weighted by atomic mass is 16.5. The first-order valence-corrected chi connectivity index (χ1v) is 7.56. The van der Waals surface area contributed by atoms with Gasteiger partial charge in [-0.1, -0.05) is 13.0 Å². The van der Waals surface area contributed by atoms with E-state index in [0.29, 0.717) is 12.1 Å². The normalized spacial score (nSPS) is 20.6. The summed E-state index contributed by atoms with van der Waals surface area (Å²) in [5.74, 6) is 0.927. The number of imidazole rings is 1. The third kappa shape index (κ3) is 2.33. The van der Waals surface area contributed by atoms with Gasteiger partial charge in [0.2, 0.25) is 0 Å². The molecule has 1 aliphatic carbocycles. The SMILES string of the molecule is CCNC1c2cc(OC)ccc2CC1n1cnc(C)c1C. The van der Waals surface area contributed by atoms with Crippen LogP contribution in [0, 0.1) is 13.8 Å². The molecule has 4 heteroatoms. The molecule has 0 amide bonds. The van der Waals surface area contributed by atoms with E-state index in [4.69, 9.17) is 4.74 Å². The van der Waals surface area contributed by atoms with Crippen molar-refractivity contribution in [3.8, 4) is 5.75 Å². The van der Waals surface area contributed by atoms with E-state index in [0.717, 1.165) is 24.4 Å². The van der Waals surface area contributed by atoms with Crippen LogP contribution in [0.15, 0.2) is 24.5 Å². The topological polar surface area (TPSA) is 39.1 Å². The van der Waals surface area contributed by atoms with Crippen LogP contribution in [0.3, 0.4) is 0 Å². The Kier molecular flexibility index (Phi) is 3.72. The first kappa shape index (κ1) is 14.1. The lowest BCUT2D eigenvalue weighted by atomic mass is 10.1. The highest BCUT2D eigenvalue weighted by Gasteiger charge is 2.34. The average molecular weight is 285 g/mol. The number of rotatable bonds is 4. The summed E-state index contributed by atoms with van der Waals surface area (Å²) >= 11 is 0. The van der Waals surface area contributed by atoms with E-state index in [1.54, 1.807) is 7.11 Å². The number of likely N-dealkylation sites (N-methyl/N-ethyl adjacent to an activating group) is 1. The summed E-state index contributed by atoms with van der Waals surface area (Å²) in [7, 11) is 1.72. The maximum absolute atomic E-state index is 5.39. The second-order valence-electron chi connectivity index (χ2n) is 5.69. The molecular formula is C17H23N3O. The predicted octanol–water partition coefficient (Wildman–Crippen LogP) is 2.96. The summed E-state index contributed by atoms with van der Waals surface area (Å²) in [6.07, 6.45) is 3.01. The van der Waals surface area contributed by atoms with Crippen LogP contribution in [-0.2, 0) is 6.42 Å². The summed E-state index contributed by atoms with van der Waals surface area (Å²) in [6, 6.07) is 7.11. The Bertz CT molecular complexity index is 647. The molecule has 0 bridgehead atoms. The van der Waals surface area contributed by atoms with Crippen LogP contribution in [0.5, 0.6) is 5.75 Å². The van der Waals surface area contributed by atoms with E-state index in [2.05, 4.69) is 53.8 Å². The van der Waals surface area contributed by atoms with Gasteiger partial charge in [0.1, 0.15) is 5.75 Å². The van der Waals surface area contributed by atoms with Crippen LogP contribution in [0.1, 0.15) is 41.5 Å². The summed E-state index contributed by atoms with van der Waals surface area (Å²) in [4.78, 5) is 4.46. The number of ether oxygens (including phenoxy) is 1. The molecule has 112 valence electrons. The van der Waals surface area contributed by atoms with Gasteiger partial charge in [0.15, 0.2) is 0 Å². The average Bonchev–Trinajstić information content (AvgIpc) is 3.01. The fraction of sp³-hybridized carbons (Fsp3) is 0.471. The molecule has 1 aromatic heterocycles. The zero-order valence-corrected chi connectivity index (χ0v) is 13.2. The molecule has 0 spiro atoms. The molecule has 3 rings (SSSR count). The number of benzene rings is 1. The number of aryl methyl sites for hydroxylation is 1. The fourth-order valence-electron chi connectivity index (χ4n) is 3.30. The van der Waals surface area contributed by atoms with Crippen molar-refractivity contribution in [3.05, 3.63) is 47.0 Å². The Morgan fingerprint density at radius 1 is 1.38 bits per heavy atom. The lowest BCUT2D eigenvalue weighted by molar-refractivity contribution is 0.380.